The highest BCUT2D eigenvalue weighted by molar-refractivity contribution is 6.03. The first-order chi connectivity index (χ1) is 8.51. The van der Waals surface area contributed by atoms with E-state index in [4.69, 9.17) is 0 Å². The van der Waals surface area contributed by atoms with Crippen LogP contribution in [0.15, 0.2) is 24.3 Å². The molecule has 0 aliphatic carbocycles. The van der Waals surface area contributed by atoms with Crippen molar-refractivity contribution in [3.8, 4) is 0 Å². The third-order valence-electron chi connectivity index (χ3n) is 2.45. The zero-order valence-corrected chi connectivity index (χ0v) is 10.5. The molecule has 1 aromatic carbocycles. The van der Waals surface area contributed by atoms with E-state index in [-0.39, 0.29) is 18.4 Å². The second-order valence-electron chi connectivity index (χ2n) is 4.11. The molecule has 98 valence electrons. The first-order valence-corrected chi connectivity index (χ1v) is 5.86. The normalized spacial score (nSPS) is 11.7. The van der Waals surface area contributed by atoms with E-state index >= 15 is 0 Å². The molecule has 4 nitrogen and oxygen atoms in total. The highest BCUT2D eigenvalue weighted by atomic mass is 19.1. The lowest BCUT2D eigenvalue weighted by molar-refractivity contribution is -0.127. The zero-order chi connectivity index (χ0) is 13.5. The molecule has 0 saturated carbocycles. The third kappa shape index (κ3) is 4.95. The van der Waals surface area contributed by atoms with Crippen molar-refractivity contribution in [2.24, 2.45) is 0 Å². The summed E-state index contributed by atoms with van der Waals surface area (Å²) in [7, 11) is 0. The van der Waals surface area contributed by atoms with Gasteiger partial charge in [0.15, 0.2) is 0 Å². The Balaban J connectivity index is 2.44. The molecule has 18 heavy (non-hydrogen) atoms. The van der Waals surface area contributed by atoms with E-state index in [1.807, 2.05) is 13.8 Å². The molecule has 1 rings (SSSR count). The van der Waals surface area contributed by atoms with Crippen molar-refractivity contribution in [1.82, 2.24) is 5.32 Å². The maximum atomic E-state index is 12.9. The number of benzene rings is 1. The number of nitrogens with one attached hydrogen (secondary N) is 2. The summed E-state index contributed by atoms with van der Waals surface area (Å²) in [6, 6.07) is 5.58. The van der Waals surface area contributed by atoms with Crippen molar-refractivity contribution in [1.29, 1.82) is 0 Å². The molecule has 0 saturated heterocycles. The Kier molecular flexibility index (Phi) is 5.30. The predicted octanol–water partition coefficient (Wildman–Crippen LogP) is 2.07. The van der Waals surface area contributed by atoms with Crippen LogP contribution in [0, 0.1) is 5.82 Å². The van der Waals surface area contributed by atoms with Crippen LogP contribution in [0.2, 0.25) is 0 Å². The standard InChI is InChI=1S/C13H17FN2O2/c1-3-9(2)15-12(17)8-13(18)16-11-6-4-5-10(14)7-11/h4-7,9H,3,8H2,1-2H3,(H,15,17)(H,16,18). The maximum Gasteiger partial charge on any atom is 0.233 e. The topological polar surface area (TPSA) is 58.2 Å². The summed E-state index contributed by atoms with van der Waals surface area (Å²) in [6.07, 6.45) is 0.540. The van der Waals surface area contributed by atoms with E-state index in [0.717, 1.165) is 6.42 Å². The van der Waals surface area contributed by atoms with E-state index in [2.05, 4.69) is 10.6 Å². The largest absolute Gasteiger partial charge is 0.353 e. The van der Waals surface area contributed by atoms with Crippen LogP contribution in [0.5, 0.6) is 0 Å². The van der Waals surface area contributed by atoms with E-state index in [1.54, 1.807) is 6.07 Å². The van der Waals surface area contributed by atoms with Crippen molar-refractivity contribution in [2.75, 3.05) is 5.32 Å². The van der Waals surface area contributed by atoms with Gasteiger partial charge < -0.3 is 10.6 Å². The summed E-state index contributed by atoms with van der Waals surface area (Å²) in [5.74, 6) is -1.23. The Morgan fingerprint density at radius 2 is 2.06 bits per heavy atom. The number of halogens is 1. The van der Waals surface area contributed by atoms with Gasteiger partial charge >= 0.3 is 0 Å². The molecular formula is C13H17FN2O2. The van der Waals surface area contributed by atoms with Crippen LogP contribution >= 0.6 is 0 Å². The first-order valence-electron chi connectivity index (χ1n) is 5.86. The Labute approximate surface area is 106 Å². The van der Waals surface area contributed by atoms with Crippen molar-refractivity contribution in [2.45, 2.75) is 32.7 Å². The smallest absolute Gasteiger partial charge is 0.233 e. The van der Waals surface area contributed by atoms with Crippen LogP contribution in [-0.2, 0) is 9.59 Å². The summed E-state index contributed by atoms with van der Waals surface area (Å²) < 4.78 is 12.9. The van der Waals surface area contributed by atoms with Crippen molar-refractivity contribution >= 4 is 17.5 Å². The van der Waals surface area contributed by atoms with Gasteiger partial charge in [-0.1, -0.05) is 13.0 Å². The van der Waals surface area contributed by atoms with Crippen molar-refractivity contribution < 1.29 is 14.0 Å². The van der Waals surface area contributed by atoms with Crippen molar-refractivity contribution in [3.63, 3.8) is 0 Å². The average Bonchev–Trinajstić information content (AvgIpc) is 2.28. The van der Waals surface area contributed by atoms with E-state index in [1.165, 1.54) is 18.2 Å². The molecular weight excluding hydrogens is 235 g/mol. The fourth-order valence-corrected chi connectivity index (χ4v) is 1.35. The second-order valence-corrected chi connectivity index (χ2v) is 4.11. The number of hydrogen-bond acceptors (Lipinski definition) is 2. The summed E-state index contributed by atoms with van der Waals surface area (Å²) in [5, 5.41) is 5.15. The van der Waals surface area contributed by atoms with Gasteiger partial charge in [-0.2, -0.15) is 0 Å². The van der Waals surface area contributed by atoms with E-state index < -0.39 is 11.7 Å². The number of hydrogen-bond donors (Lipinski definition) is 2. The van der Waals surface area contributed by atoms with Gasteiger partial charge in [0.05, 0.1) is 0 Å². The second kappa shape index (κ2) is 6.74. The van der Waals surface area contributed by atoms with Gasteiger partial charge in [-0.3, -0.25) is 9.59 Å². The lowest BCUT2D eigenvalue weighted by Crippen LogP contribution is -2.34. The lowest BCUT2D eigenvalue weighted by atomic mass is 10.2. The molecule has 5 heteroatoms. The summed E-state index contributed by atoms with van der Waals surface area (Å²) in [4.78, 5) is 22.9. The van der Waals surface area contributed by atoms with Crippen LogP contribution in [0.1, 0.15) is 26.7 Å². The fraction of sp³-hybridized carbons (Fsp3) is 0.385. The van der Waals surface area contributed by atoms with Gasteiger partial charge in [-0.05, 0) is 31.5 Å². The molecule has 2 N–H and O–H groups in total. The van der Waals surface area contributed by atoms with Gasteiger partial charge in [0.2, 0.25) is 11.8 Å². The molecule has 1 unspecified atom stereocenters. The summed E-state index contributed by atoms with van der Waals surface area (Å²) in [6.45, 7) is 3.81. The van der Waals surface area contributed by atoms with Crippen LogP contribution < -0.4 is 10.6 Å². The van der Waals surface area contributed by atoms with Gasteiger partial charge in [-0.15, -0.1) is 0 Å². The molecule has 0 radical (unpaired) electrons. The number of anilines is 1. The summed E-state index contributed by atoms with van der Waals surface area (Å²) in [5.41, 5.74) is 0.344. The molecule has 0 aliphatic heterocycles. The SMILES string of the molecule is CCC(C)NC(=O)CC(=O)Nc1cccc(F)c1. The average molecular weight is 252 g/mol. The maximum absolute atomic E-state index is 12.9. The van der Waals surface area contributed by atoms with Gasteiger partial charge in [-0.25, -0.2) is 4.39 Å². The summed E-state index contributed by atoms with van der Waals surface area (Å²) >= 11 is 0. The number of carbonyl (C=O) groups is 2. The van der Waals surface area contributed by atoms with Gasteiger partial charge in [0.25, 0.3) is 0 Å². The number of carbonyl (C=O) groups excluding carboxylic acids is 2. The predicted molar refractivity (Wildman–Crippen MR) is 67.5 cm³/mol. The van der Waals surface area contributed by atoms with Crippen LogP contribution in [0.4, 0.5) is 10.1 Å². The Hall–Kier alpha value is -1.91. The number of amides is 2. The van der Waals surface area contributed by atoms with Crippen LogP contribution in [0.3, 0.4) is 0 Å². The minimum absolute atomic E-state index is 0.0412. The fourth-order valence-electron chi connectivity index (χ4n) is 1.35. The monoisotopic (exact) mass is 252 g/mol. The van der Waals surface area contributed by atoms with Crippen molar-refractivity contribution in [3.05, 3.63) is 30.1 Å². The Bertz CT molecular complexity index is 435. The van der Waals surface area contributed by atoms with Crippen LogP contribution in [-0.4, -0.2) is 17.9 Å². The molecule has 2 amide bonds. The zero-order valence-electron chi connectivity index (χ0n) is 10.5. The van der Waals surface area contributed by atoms with Gasteiger partial charge in [0.1, 0.15) is 12.2 Å². The molecule has 0 aromatic heterocycles. The highest BCUT2D eigenvalue weighted by Crippen LogP contribution is 2.09. The quantitative estimate of drug-likeness (QED) is 0.788. The molecule has 1 atom stereocenters. The van der Waals surface area contributed by atoms with E-state index in [9.17, 15) is 14.0 Å². The minimum Gasteiger partial charge on any atom is -0.353 e. The molecule has 0 bridgehead atoms. The van der Waals surface area contributed by atoms with Crippen LogP contribution in [0.25, 0.3) is 0 Å². The third-order valence-corrected chi connectivity index (χ3v) is 2.45. The minimum atomic E-state index is -0.457. The van der Waals surface area contributed by atoms with E-state index in [0.29, 0.717) is 5.69 Å². The molecule has 1 aromatic rings. The lowest BCUT2D eigenvalue weighted by Gasteiger charge is -2.11. The Morgan fingerprint density at radius 1 is 1.33 bits per heavy atom. The Morgan fingerprint density at radius 3 is 2.67 bits per heavy atom. The molecule has 0 spiro atoms. The van der Waals surface area contributed by atoms with Gasteiger partial charge in [0, 0.05) is 11.7 Å². The number of rotatable bonds is 5. The highest BCUT2D eigenvalue weighted by Gasteiger charge is 2.11. The molecule has 0 aliphatic rings. The first kappa shape index (κ1) is 14.2. The molecule has 0 fully saturated rings. The molecule has 0 heterocycles.